The average molecular weight is 480 g/mol. The maximum atomic E-state index is 12.8. The van der Waals surface area contributed by atoms with Gasteiger partial charge in [-0.05, 0) is 0 Å². The molecule has 0 amide bonds. The maximum absolute atomic E-state index is 12.8. The van der Waals surface area contributed by atoms with Crippen molar-refractivity contribution in [3.63, 3.8) is 0 Å². The second-order valence-corrected chi connectivity index (χ2v) is 7.63. The zero-order valence-electron chi connectivity index (χ0n) is 16.5. The lowest BCUT2D eigenvalue weighted by molar-refractivity contribution is -0.292. The van der Waals surface area contributed by atoms with Gasteiger partial charge in [0.1, 0.15) is 12.7 Å². The van der Waals surface area contributed by atoms with E-state index in [4.69, 9.17) is 18.9 Å². The predicted octanol–water partition coefficient (Wildman–Crippen LogP) is -0.0643. The Morgan fingerprint density at radius 1 is 0.806 bits per heavy atom. The topological polar surface area (TPSA) is 158 Å². The number of carbonyl (C=O) groups is 4. The Morgan fingerprint density at radius 2 is 1.29 bits per heavy atom. The Kier molecular flexibility index (Phi) is 8.77. The lowest BCUT2D eigenvalue weighted by Gasteiger charge is -2.43. The summed E-state index contributed by atoms with van der Waals surface area (Å²) >= 11 is 0. The van der Waals surface area contributed by atoms with Crippen molar-refractivity contribution in [3.8, 4) is 0 Å². The summed E-state index contributed by atoms with van der Waals surface area (Å²) in [7, 11) is -6.32. The van der Waals surface area contributed by atoms with Gasteiger partial charge in [-0.15, -0.1) is 0 Å². The molecule has 178 valence electrons. The molecule has 1 heterocycles. The van der Waals surface area contributed by atoms with Crippen LogP contribution in [0.2, 0.25) is 0 Å². The number of halogens is 3. The fraction of sp³-hybridized carbons (Fsp3) is 0.733. The van der Waals surface area contributed by atoms with Crippen LogP contribution >= 0.6 is 0 Å². The number of hydrogen-bond donors (Lipinski definition) is 0. The number of alkyl halides is 3. The van der Waals surface area contributed by atoms with Crippen LogP contribution in [-0.4, -0.2) is 75.1 Å². The molecule has 0 spiro atoms. The van der Waals surface area contributed by atoms with Crippen LogP contribution in [0, 0.1) is 0 Å². The molecule has 0 aliphatic carbocycles. The molecule has 0 bridgehead atoms. The van der Waals surface area contributed by atoms with Crippen LogP contribution in [0.1, 0.15) is 27.7 Å². The second-order valence-electron chi connectivity index (χ2n) is 6.06. The second kappa shape index (κ2) is 10.2. The Bertz CT molecular complexity index is 809. The van der Waals surface area contributed by atoms with Crippen LogP contribution in [0.25, 0.3) is 0 Å². The highest BCUT2D eigenvalue weighted by Crippen LogP contribution is 2.34. The fourth-order valence-corrected chi connectivity index (χ4v) is 3.04. The third-order valence-corrected chi connectivity index (χ3v) is 4.49. The molecule has 12 nitrogen and oxygen atoms in total. The van der Waals surface area contributed by atoms with Gasteiger partial charge in [-0.25, -0.2) is 4.18 Å². The summed E-state index contributed by atoms with van der Waals surface area (Å²) in [6.07, 6.45) is -10.0. The van der Waals surface area contributed by atoms with E-state index < -0.39 is 76.8 Å². The van der Waals surface area contributed by atoms with Crippen molar-refractivity contribution in [1.82, 2.24) is 0 Å². The summed E-state index contributed by atoms with van der Waals surface area (Å²) in [5.74, 6) is -4.16. The minimum absolute atomic E-state index is 0.693. The van der Waals surface area contributed by atoms with Crippen LogP contribution in [0.4, 0.5) is 13.2 Å². The largest absolute Gasteiger partial charge is 0.523 e. The monoisotopic (exact) mass is 480 g/mol. The predicted molar refractivity (Wildman–Crippen MR) is 88.0 cm³/mol. The number of ether oxygens (including phenoxy) is 5. The molecule has 0 N–H and O–H groups in total. The average Bonchev–Trinajstić information content (AvgIpc) is 2.56. The number of carbonyl (C=O) groups excluding carboxylic acids is 4. The molecule has 1 saturated heterocycles. The van der Waals surface area contributed by atoms with Gasteiger partial charge in [0.05, 0.1) is 0 Å². The zero-order chi connectivity index (χ0) is 24.1. The third kappa shape index (κ3) is 7.62. The van der Waals surface area contributed by atoms with E-state index in [0.717, 1.165) is 27.7 Å². The molecular formula is C15H19F3O12S. The lowest BCUT2D eigenvalue weighted by atomic mass is 9.98. The van der Waals surface area contributed by atoms with Crippen LogP contribution in [0.15, 0.2) is 0 Å². The minimum Gasteiger partial charge on any atom is -0.463 e. The molecule has 1 aliphatic rings. The van der Waals surface area contributed by atoms with E-state index in [0.29, 0.717) is 0 Å². The van der Waals surface area contributed by atoms with E-state index in [1.54, 1.807) is 0 Å². The highest BCUT2D eigenvalue weighted by Gasteiger charge is 2.58. The van der Waals surface area contributed by atoms with Crippen molar-refractivity contribution < 1.29 is 68.6 Å². The molecule has 1 fully saturated rings. The van der Waals surface area contributed by atoms with Crippen LogP contribution < -0.4 is 0 Å². The van der Waals surface area contributed by atoms with Crippen LogP contribution in [0.5, 0.6) is 0 Å². The van der Waals surface area contributed by atoms with E-state index in [1.807, 2.05) is 0 Å². The number of rotatable bonds is 7. The molecule has 31 heavy (non-hydrogen) atoms. The highest BCUT2D eigenvalue weighted by atomic mass is 32.2. The molecule has 1 aliphatic heterocycles. The third-order valence-electron chi connectivity index (χ3n) is 3.45. The van der Waals surface area contributed by atoms with Crippen LogP contribution in [0.3, 0.4) is 0 Å². The summed E-state index contributed by atoms with van der Waals surface area (Å²) in [5, 5.41) is 0. The van der Waals surface area contributed by atoms with Gasteiger partial charge in [-0.2, -0.15) is 21.6 Å². The Balaban J connectivity index is 3.50. The van der Waals surface area contributed by atoms with Crippen LogP contribution in [-0.2, 0) is 57.2 Å². The fourth-order valence-electron chi connectivity index (χ4n) is 2.43. The smallest absolute Gasteiger partial charge is 0.463 e. The van der Waals surface area contributed by atoms with Gasteiger partial charge in [0, 0.05) is 27.7 Å². The van der Waals surface area contributed by atoms with Gasteiger partial charge < -0.3 is 23.7 Å². The Morgan fingerprint density at radius 3 is 1.71 bits per heavy atom. The molecule has 0 radical (unpaired) electrons. The summed E-state index contributed by atoms with van der Waals surface area (Å²) < 4.78 is 90.1. The van der Waals surface area contributed by atoms with Crippen molar-refractivity contribution in [3.05, 3.63) is 0 Å². The first-order valence-corrected chi connectivity index (χ1v) is 9.76. The molecule has 0 aromatic heterocycles. The first kappa shape index (κ1) is 26.6. The van der Waals surface area contributed by atoms with E-state index in [9.17, 15) is 40.8 Å². The molecule has 2 unspecified atom stereocenters. The maximum Gasteiger partial charge on any atom is 0.523 e. The molecule has 0 saturated carbocycles. The lowest BCUT2D eigenvalue weighted by Crippen LogP contribution is -2.63. The van der Waals surface area contributed by atoms with Crippen molar-refractivity contribution in [2.24, 2.45) is 0 Å². The first-order chi connectivity index (χ1) is 14.0. The van der Waals surface area contributed by atoms with Crippen molar-refractivity contribution in [2.75, 3.05) is 6.61 Å². The molecule has 16 heteroatoms. The van der Waals surface area contributed by atoms with E-state index in [-0.39, 0.29) is 0 Å². The van der Waals surface area contributed by atoms with Gasteiger partial charge in [0.15, 0.2) is 18.3 Å². The highest BCUT2D eigenvalue weighted by molar-refractivity contribution is 7.87. The summed E-state index contributed by atoms with van der Waals surface area (Å²) in [6.45, 7) is 2.82. The van der Waals surface area contributed by atoms with Gasteiger partial charge >= 0.3 is 39.5 Å². The molecule has 1 rings (SSSR count). The van der Waals surface area contributed by atoms with Gasteiger partial charge in [-0.1, -0.05) is 0 Å². The number of esters is 4. The Labute approximate surface area is 174 Å². The van der Waals surface area contributed by atoms with E-state index >= 15 is 0 Å². The SMILES string of the molecule is CC(=O)OCC1O[C@@H](OC(C)=O)C(OS(=O)(=O)C(F)(F)F)[C@@H](OC(C)=O)[C@H]1OC(C)=O. The van der Waals surface area contributed by atoms with Crippen molar-refractivity contribution >= 4 is 34.0 Å². The van der Waals surface area contributed by atoms with Gasteiger partial charge in [-0.3, -0.25) is 19.2 Å². The van der Waals surface area contributed by atoms with E-state index in [1.165, 1.54) is 0 Å². The minimum atomic E-state index is -6.32. The Hall–Kier alpha value is -2.46. The standard InChI is InChI=1S/C15H19F3O12S/c1-6(19)25-5-10-11(26-7(2)20)12(27-8(3)21)13(14(29-10)28-9(4)22)30-31(23,24)15(16,17)18/h10-14H,5H2,1-4H3/t10?,11-,12-,13?,14+/m0/s1. The molecule has 0 aromatic carbocycles. The van der Waals surface area contributed by atoms with Gasteiger partial charge in [0.25, 0.3) is 0 Å². The summed E-state index contributed by atoms with van der Waals surface area (Å²) in [5.41, 5.74) is -5.90. The first-order valence-electron chi connectivity index (χ1n) is 8.35. The summed E-state index contributed by atoms with van der Waals surface area (Å²) in [6, 6.07) is 0. The van der Waals surface area contributed by atoms with E-state index in [2.05, 4.69) is 8.92 Å². The summed E-state index contributed by atoms with van der Waals surface area (Å²) in [4.78, 5) is 45.5. The molecular weight excluding hydrogens is 461 g/mol. The van der Waals surface area contributed by atoms with Gasteiger partial charge in [0.2, 0.25) is 6.29 Å². The zero-order valence-corrected chi connectivity index (χ0v) is 17.4. The molecule has 5 atom stereocenters. The normalized spacial score (nSPS) is 26.5. The number of hydrogen-bond acceptors (Lipinski definition) is 12. The van der Waals surface area contributed by atoms with Crippen molar-refractivity contribution in [1.29, 1.82) is 0 Å². The van der Waals surface area contributed by atoms with Crippen molar-refractivity contribution in [2.45, 2.75) is 63.9 Å². The quantitative estimate of drug-likeness (QED) is 0.207. The molecule has 0 aromatic rings.